The van der Waals surface area contributed by atoms with Gasteiger partial charge in [0.1, 0.15) is 0 Å². The number of nitrogens with one attached hydrogen (secondary N) is 2. The lowest BCUT2D eigenvalue weighted by atomic mass is 10.2. The number of hydrogen-bond acceptors (Lipinski definition) is 3. The fraction of sp³-hybridized carbons (Fsp3) is 1.00. The largest absolute Gasteiger partial charge is 0.306 e. The third kappa shape index (κ3) is 0.747. The maximum Gasteiger partial charge on any atom is 0.0525 e. The maximum atomic E-state index is 3.37. The van der Waals surface area contributed by atoms with Gasteiger partial charge in [0.15, 0.2) is 0 Å². The minimum Gasteiger partial charge on any atom is -0.306 e. The van der Waals surface area contributed by atoms with Crippen molar-refractivity contribution in [1.29, 1.82) is 0 Å². The molecule has 3 heteroatoms. The molecule has 0 aromatic rings. The second-order valence-electron chi connectivity index (χ2n) is 2.55. The molecule has 1 atom stereocenters. The van der Waals surface area contributed by atoms with E-state index in [-0.39, 0.29) is 0 Å². The zero-order valence-corrected chi connectivity index (χ0v) is 5.55. The van der Waals surface area contributed by atoms with E-state index < -0.39 is 0 Å². The van der Waals surface area contributed by atoms with Gasteiger partial charge in [-0.3, -0.25) is 0 Å². The summed E-state index contributed by atoms with van der Waals surface area (Å²) in [4.78, 5) is 0. The van der Waals surface area contributed by atoms with Crippen LogP contribution < -0.4 is 10.6 Å². The van der Waals surface area contributed by atoms with Gasteiger partial charge in [-0.25, -0.2) is 0 Å². The van der Waals surface area contributed by atoms with Gasteiger partial charge in [0.25, 0.3) is 0 Å². The Kier molecular flexibility index (Phi) is 1.03. The van der Waals surface area contributed by atoms with Crippen LogP contribution in [0.15, 0.2) is 0 Å². The van der Waals surface area contributed by atoms with Crippen LogP contribution in [0.25, 0.3) is 0 Å². The van der Waals surface area contributed by atoms with E-state index >= 15 is 0 Å². The third-order valence-corrected chi connectivity index (χ3v) is 2.89. The molecular weight excluding hydrogens is 120 g/mol. The molecule has 2 nitrogen and oxygen atoms in total. The van der Waals surface area contributed by atoms with Gasteiger partial charge in [0.05, 0.1) is 5.54 Å². The second kappa shape index (κ2) is 1.62. The number of thioether (sulfide) groups is 1. The number of rotatable bonds is 0. The molecule has 1 spiro atoms. The summed E-state index contributed by atoms with van der Waals surface area (Å²) >= 11 is 1.99. The van der Waals surface area contributed by atoms with Crippen molar-refractivity contribution in [2.24, 2.45) is 0 Å². The minimum atomic E-state index is 0.531. The van der Waals surface area contributed by atoms with Gasteiger partial charge >= 0.3 is 0 Å². The Hall–Kier alpha value is 0.270. The molecule has 2 aliphatic rings. The van der Waals surface area contributed by atoms with Gasteiger partial charge in [-0.05, 0) is 0 Å². The predicted molar refractivity (Wildman–Crippen MR) is 36.1 cm³/mol. The summed E-state index contributed by atoms with van der Waals surface area (Å²) in [7, 11) is 0. The lowest BCUT2D eigenvalue weighted by molar-refractivity contribution is 0.611. The van der Waals surface area contributed by atoms with Crippen molar-refractivity contribution in [3.63, 3.8) is 0 Å². The smallest absolute Gasteiger partial charge is 0.0525 e. The Bertz CT molecular complexity index is 92.6. The molecule has 2 saturated heterocycles. The molecule has 0 bridgehead atoms. The predicted octanol–water partition coefficient (Wildman–Crippen LogP) is -0.378. The van der Waals surface area contributed by atoms with E-state index in [4.69, 9.17) is 0 Å². The highest BCUT2D eigenvalue weighted by Gasteiger charge is 2.42. The SMILES string of the molecule is C1NCC2(CN2)CS1. The molecule has 2 N–H and O–H groups in total. The molecule has 0 radical (unpaired) electrons. The van der Waals surface area contributed by atoms with E-state index in [0.717, 1.165) is 5.88 Å². The van der Waals surface area contributed by atoms with Gasteiger partial charge in [0.2, 0.25) is 0 Å². The first-order chi connectivity index (χ1) is 3.91. The minimum absolute atomic E-state index is 0.531. The van der Waals surface area contributed by atoms with Crippen LogP contribution in [0.3, 0.4) is 0 Å². The van der Waals surface area contributed by atoms with Crippen LogP contribution >= 0.6 is 11.8 Å². The summed E-state index contributed by atoms with van der Waals surface area (Å²) in [5, 5.41) is 6.70. The fourth-order valence-corrected chi connectivity index (χ4v) is 2.06. The normalized spacial score (nSPS) is 45.0. The summed E-state index contributed by atoms with van der Waals surface area (Å²) in [6.07, 6.45) is 0. The average Bonchev–Trinajstić information content (AvgIpc) is 2.52. The van der Waals surface area contributed by atoms with E-state index in [1.807, 2.05) is 11.8 Å². The topological polar surface area (TPSA) is 34.0 Å². The van der Waals surface area contributed by atoms with Crippen molar-refractivity contribution in [1.82, 2.24) is 10.6 Å². The summed E-state index contributed by atoms with van der Waals surface area (Å²) in [6, 6.07) is 0. The zero-order chi connectivity index (χ0) is 5.45. The number of hydrogen-bond donors (Lipinski definition) is 2. The second-order valence-corrected chi connectivity index (χ2v) is 3.54. The Morgan fingerprint density at radius 2 is 2.25 bits per heavy atom. The van der Waals surface area contributed by atoms with Crippen LogP contribution in [0.2, 0.25) is 0 Å². The van der Waals surface area contributed by atoms with Gasteiger partial charge in [-0.1, -0.05) is 0 Å². The van der Waals surface area contributed by atoms with Gasteiger partial charge in [-0.15, -0.1) is 11.8 Å². The summed E-state index contributed by atoms with van der Waals surface area (Å²) in [5.41, 5.74) is 0.531. The van der Waals surface area contributed by atoms with E-state index in [9.17, 15) is 0 Å². The molecule has 1 unspecified atom stereocenters. The van der Waals surface area contributed by atoms with Crippen LogP contribution in [0.1, 0.15) is 0 Å². The molecule has 2 heterocycles. The lowest BCUT2D eigenvalue weighted by Gasteiger charge is -2.19. The molecule has 0 saturated carbocycles. The molecule has 2 fully saturated rings. The molecule has 0 aliphatic carbocycles. The van der Waals surface area contributed by atoms with E-state index in [2.05, 4.69) is 10.6 Å². The van der Waals surface area contributed by atoms with E-state index in [0.29, 0.717) is 5.54 Å². The monoisotopic (exact) mass is 130 g/mol. The Balaban J connectivity index is 1.95. The van der Waals surface area contributed by atoms with Crippen molar-refractivity contribution >= 4 is 11.8 Å². The molecule has 0 aromatic carbocycles. The van der Waals surface area contributed by atoms with Gasteiger partial charge in [-0.2, -0.15) is 0 Å². The highest BCUT2D eigenvalue weighted by atomic mass is 32.2. The molecule has 0 aromatic heterocycles. The fourth-order valence-electron chi connectivity index (χ4n) is 1.01. The molecule has 2 rings (SSSR count). The third-order valence-electron chi connectivity index (χ3n) is 1.72. The van der Waals surface area contributed by atoms with E-state index in [1.54, 1.807) is 0 Å². The van der Waals surface area contributed by atoms with Crippen LogP contribution in [-0.4, -0.2) is 30.3 Å². The molecular formula is C5H10N2S. The summed E-state index contributed by atoms with van der Waals surface area (Å²) < 4.78 is 0. The first-order valence-corrected chi connectivity index (χ1v) is 4.10. The Morgan fingerprint density at radius 1 is 1.38 bits per heavy atom. The average molecular weight is 130 g/mol. The molecule has 2 aliphatic heterocycles. The zero-order valence-electron chi connectivity index (χ0n) is 4.74. The van der Waals surface area contributed by atoms with Crippen molar-refractivity contribution < 1.29 is 0 Å². The Labute approximate surface area is 53.4 Å². The summed E-state index contributed by atoms with van der Waals surface area (Å²) in [6.45, 7) is 2.41. The van der Waals surface area contributed by atoms with Crippen LogP contribution in [-0.2, 0) is 0 Å². The highest BCUT2D eigenvalue weighted by Crippen LogP contribution is 2.24. The van der Waals surface area contributed by atoms with Crippen LogP contribution in [0.5, 0.6) is 0 Å². The van der Waals surface area contributed by atoms with Crippen LogP contribution in [0, 0.1) is 0 Å². The quantitative estimate of drug-likeness (QED) is 0.439. The summed E-state index contributed by atoms with van der Waals surface area (Å²) in [5.74, 6) is 2.45. The lowest BCUT2D eigenvalue weighted by Crippen LogP contribution is -2.39. The first-order valence-electron chi connectivity index (χ1n) is 2.95. The van der Waals surface area contributed by atoms with Crippen LogP contribution in [0.4, 0.5) is 0 Å². The highest BCUT2D eigenvalue weighted by molar-refractivity contribution is 7.99. The molecule has 8 heavy (non-hydrogen) atoms. The van der Waals surface area contributed by atoms with Crippen molar-refractivity contribution in [2.45, 2.75) is 5.54 Å². The Morgan fingerprint density at radius 3 is 2.62 bits per heavy atom. The standard InChI is InChI=1S/C5H10N2S/c1-5(2-7-5)3-8-4-6-1/h6-7H,1-4H2. The van der Waals surface area contributed by atoms with Gasteiger partial charge in [0, 0.05) is 24.7 Å². The first kappa shape index (κ1) is 5.09. The molecule has 46 valence electrons. The van der Waals surface area contributed by atoms with Crippen molar-refractivity contribution in [2.75, 3.05) is 24.7 Å². The van der Waals surface area contributed by atoms with Crippen molar-refractivity contribution in [3.8, 4) is 0 Å². The molecule has 0 amide bonds. The van der Waals surface area contributed by atoms with Crippen molar-refractivity contribution in [3.05, 3.63) is 0 Å². The maximum absolute atomic E-state index is 3.37. The van der Waals surface area contributed by atoms with E-state index in [1.165, 1.54) is 18.8 Å². The van der Waals surface area contributed by atoms with Gasteiger partial charge < -0.3 is 10.6 Å².